The summed E-state index contributed by atoms with van der Waals surface area (Å²) in [6, 6.07) is 121. The normalized spacial score (nSPS) is 16.9. The third-order valence-corrected chi connectivity index (χ3v) is 25.6. The number of unbranched alkanes of at least 4 members (excludes halogenated alkanes) is 3. The third kappa shape index (κ3) is 22.3. The van der Waals surface area contributed by atoms with Crippen molar-refractivity contribution >= 4 is 165 Å². The van der Waals surface area contributed by atoms with E-state index in [1.165, 1.54) is 25.7 Å². The number of hydrogen-bond acceptors (Lipinski definition) is 0. The fourth-order valence-corrected chi connectivity index (χ4v) is 18.7. The third-order valence-electron chi connectivity index (χ3n) is 25.6. The van der Waals surface area contributed by atoms with Crippen LogP contribution in [0.3, 0.4) is 0 Å². The summed E-state index contributed by atoms with van der Waals surface area (Å²) in [5.74, 6) is 5.34. The molecule has 12 heteroatoms. The van der Waals surface area contributed by atoms with Gasteiger partial charge in [0.2, 0.25) is 0 Å². The summed E-state index contributed by atoms with van der Waals surface area (Å²) in [5.41, 5.74) is 24.8. The Morgan fingerprint density at radius 2 is 0.377 bits per heavy atom. The molecule has 16 radical (unpaired) electrons. The second-order valence-electron chi connectivity index (χ2n) is 34.6. The molecule has 0 saturated heterocycles. The van der Waals surface area contributed by atoms with Crippen LogP contribution < -0.4 is 75.0 Å². The van der Waals surface area contributed by atoms with E-state index in [9.17, 15) is 0 Å². The van der Waals surface area contributed by atoms with Gasteiger partial charge in [-0.2, -0.15) is 0 Å². The molecule has 0 amide bonds. The Morgan fingerprint density at radius 3 is 0.609 bits per heavy atom. The molecule has 6 aliphatic carbocycles. The first-order valence-electron chi connectivity index (χ1n) is 47.7. The van der Waals surface area contributed by atoms with E-state index in [-0.39, 0.29) is 0 Å². The van der Waals surface area contributed by atoms with Crippen molar-refractivity contribution < 1.29 is 0 Å². The molecule has 0 saturated carbocycles. The topological polar surface area (TPSA) is 0 Å². The van der Waals surface area contributed by atoms with Crippen molar-refractivity contribution in [1.29, 1.82) is 0 Å². The van der Waals surface area contributed by atoms with E-state index < -0.39 is 0 Å². The zero-order valence-electron chi connectivity index (χ0n) is 77.9. The Bertz CT molecular complexity index is 7700. The van der Waals surface area contributed by atoms with Crippen LogP contribution in [0.2, 0.25) is 0 Å². The van der Waals surface area contributed by atoms with E-state index in [2.05, 4.69) is 483 Å². The van der Waals surface area contributed by atoms with Gasteiger partial charge in [-0.1, -0.05) is 39.5 Å². The van der Waals surface area contributed by atoms with Crippen LogP contribution in [-0.2, 0) is 0 Å². The van der Waals surface area contributed by atoms with Gasteiger partial charge in [-0.25, -0.2) is 0 Å². The van der Waals surface area contributed by atoms with E-state index in [1.807, 2.05) is 72.9 Å². The molecular formula is C126H94B12. The molecule has 0 fully saturated rings. The minimum absolute atomic E-state index is 0.765. The van der Waals surface area contributed by atoms with Gasteiger partial charge >= 0.3 is 792 Å². The summed E-state index contributed by atoms with van der Waals surface area (Å²) in [6.45, 7) is 18.2. The molecule has 20 rings (SSSR count). The number of hydrogen-bond donors (Lipinski definition) is 0. The molecule has 0 aliphatic heterocycles. The van der Waals surface area contributed by atoms with Gasteiger partial charge in [0.1, 0.15) is 0 Å². The van der Waals surface area contributed by atoms with Gasteiger partial charge in [0.05, 0.1) is 0 Å². The second kappa shape index (κ2) is 46.1. The Hall–Kier alpha value is -14.8. The Labute approximate surface area is 824 Å². The number of rotatable bonds is 17. The minimum atomic E-state index is 0.765. The van der Waals surface area contributed by atoms with E-state index >= 15 is 0 Å². The van der Waals surface area contributed by atoms with Crippen LogP contribution in [-0.4, -0.2) is 87.5 Å². The maximum atomic E-state index is 6.49. The Balaban J connectivity index is 0.000000173. The van der Waals surface area contributed by atoms with Crippen molar-refractivity contribution in [2.45, 2.75) is 39.5 Å². The van der Waals surface area contributed by atoms with Crippen molar-refractivity contribution in [3.8, 4) is 44.5 Å². The van der Waals surface area contributed by atoms with Gasteiger partial charge in [-0.05, 0) is 0 Å². The Morgan fingerprint density at radius 1 is 0.196 bits per heavy atom. The van der Waals surface area contributed by atoms with Gasteiger partial charge in [0.15, 0.2) is 0 Å². The zero-order valence-corrected chi connectivity index (χ0v) is 77.9. The van der Waals surface area contributed by atoms with Crippen molar-refractivity contribution in [3.63, 3.8) is 0 Å². The average molecular weight is 1740 g/mol. The molecular weight excluding hydrogens is 1640 g/mol. The van der Waals surface area contributed by atoms with Crippen molar-refractivity contribution in [2.24, 2.45) is 0 Å². The van der Waals surface area contributed by atoms with Gasteiger partial charge in [-0.15, -0.1) is 0 Å². The van der Waals surface area contributed by atoms with Gasteiger partial charge in [0, 0.05) is 0 Å². The van der Waals surface area contributed by atoms with Gasteiger partial charge in [-0.3, -0.25) is 0 Å². The van der Waals surface area contributed by atoms with Gasteiger partial charge < -0.3 is 0 Å². The molecule has 14 aromatic rings. The second-order valence-corrected chi connectivity index (χ2v) is 34.6. The van der Waals surface area contributed by atoms with Crippen molar-refractivity contribution in [3.05, 3.63) is 582 Å². The van der Waals surface area contributed by atoms with Crippen molar-refractivity contribution in [2.75, 3.05) is 0 Å². The van der Waals surface area contributed by atoms with E-state index in [1.54, 1.807) is 0 Å². The summed E-state index contributed by atoms with van der Waals surface area (Å²) >= 11 is 0. The molecule has 0 atom stereocenters. The summed E-state index contributed by atoms with van der Waals surface area (Å²) in [5, 5.41) is 13.5. The summed E-state index contributed by atoms with van der Waals surface area (Å²) in [6.07, 6.45) is 55.3. The quantitative estimate of drug-likeness (QED) is 0.0484. The molecule has 0 nitrogen and oxygen atoms in total. The zero-order chi connectivity index (χ0) is 94.1. The van der Waals surface area contributed by atoms with Crippen LogP contribution in [0.1, 0.15) is 39.5 Å². The summed E-state index contributed by atoms with van der Waals surface area (Å²) < 4.78 is 0. The van der Waals surface area contributed by atoms with Crippen LogP contribution >= 0.6 is 0 Å². The Kier molecular flexibility index (Phi) is 31.3. The fraction of sp³-hybridized carbons (Fsp3) is 0.0476. The predicted molar refractivity (Wildman–Crippen MR) is 602 cm³/mol. The van der Waals surface area contributed by atoms with Crippen LogP contribution in [0, 0.1) is 65.6 Å². The molecule has 14 aromatic carbocycles. The summed E-state index contributed by atoms with van der Waals surface area (Å²) in [7, 11) is 30.6. The molecule has 0 heterocycles. The molecule has 0 bridgehead atoms. The molecule has 634 valence electrons. The van der Waals surface area contributed by atoms with Crippen LogP contribution in [0.25, 0.3) is 77.9 Å². The number of benzene rings is 14. The van der Waals surface area contributed by atoms with E-state index in [4.69, 9.17) is 31.4 Å². The van der Waals surface area contributed by atoms with Gasteiger partial charge in [0.25, 0.3) is 0 Å². The molecule has 0 spiro atoms. The summed E-state index contributed by atoms with van der Waals surface area (Å²) in [4.78, 5) is 0. The molecule has 0 unspecified atom stereocenters. The van der Waals surface area contributed by atoms with Crippen molar-refractivity contribution in [1.82, 2.24) is 0 Å². The first-order chi connectivity index (χ1) is 68.1. The van der Waals surface area contributed by atoms with E-state index in [0.29, 0.717) is 0 Å². The van der Waals surface area contributed by atoms with E-state index in [0.717, 1.165) is 219 Å². The standard InChI is InChI=1S/2C60H40B6.C6H14/c2*61-51-31-11-1-21-41(51)43-23-3-13-33-53(43)63-55-35-15-5-25-45(55)47-27-7-17-37-57(47)65-59-39-19-9-29-49(59)50-30-10-20-40-60(50)66-58-38-18-8-28-48(58)46-26-6-16-36-56(46)64-54-34-14-4-24-44(54)42-22-2-12-32-52(42)62;1-3-5-6-4-2/h2*1-40H;3-6H2,1-2H3/b2*43-41-,44-42-,50-49-;. The molecule has 138 heavy (non-hydrogen) atoms. The fourth-order valence-electron chi connectivity index (χ4n) is 18.7. The first-order valence-corrected chi connectivity index (χ1v) is 47.7. The van der Waals surface area contributed by atoms with Crippen LogP contribution in [0.15, 0.2) is 486 Å². The van der Waals surface area contributed by atoms with Crippen LogP contribution in [0.4, 0.5) is 0 Å². The first kappa shape index (κ1) is 93.6. The number of allylic oxidation sites excluding steroid dienone is 24. The molecule has 0 aromatic heterocycles. The average Bonchev–Trinajstić information content (AvgIpc) is 0.793. The monoisotopic (exact) mass is 1740 g/mol. The maximum absolute atomic E-state index is 6.49. The SMILES string of the molecule is CCCCCC.[B-][C+]1C=CC=C/C1=c1\ccccc1=Bc1ccccc1-c1ccccc1B=c1cccc/c1=C1\C=CC=C[C+]1[B-]c1ccccc1-c1ccccc1B=c1cccc/c1=C1\C=CC=C[C+]1[B-].[B-][C+]1C=CC=C/C1=c1\ccccc1=Bc1ccccc1-c1ccccc1B=c1cccc/c1=C1\C=CC=C[C+]1[B-]c1ccccc1-c1ccccc1B=c1cccc/c1=C1\C=CC=C[C+]1[B-]. The molecule has 6 aliphatic rings. The predicted octanol–water partition coefficient (Wildman–Crippen LogP) is 15.9. The molecule has 0 N–H and O–H groups in total. The van der Waals surface area contributed by atoms with Crippen LogP contribution in [0.5, 0.6) is 0 Å².